The van der Waals surface area contributed by atoms with Crippen LogP contribution in [0.25, 0.3) is 11.8 Å². The van der Waals surface area contributed by atoms with Crippen LogP contribution in [-0.2, 0) is 11.2 Å². The first-order chi connectivity index (χ1) is 15.4. The summed E-state index contributed by atoms with van der Waals surface area (Å²) in [6, 6.07) is 18.7. The maximum atomic E-state index is 12.6. The molecule has 1 aliphatic heterocycles. The Kier molecular flexibility index (Phi) is 6.24. The number of hydrogen-bond acceptors (Lipinski definition) is 4. The molecule has 0 aliphatic carbocycles. The molecule has 1 aliphatic rings. The van der Waals surface area contributed by atoms with E-state index in [1.54, 1.807) is 0 Å². The molecular formula is C26H28N4OS. The van der Waals surface area contributed by atoms with Crippen molar-refractivity contribution in [2.45, 2.75) is 27.2 Å². The maximum Gasteiger partial charge on any atom is 0.264 e. The highest BCUT2D eigenvalue weighted by Crippen LogP contribution is 2.31. The SMILES string of the molecule is CCc1ccc(N=C2NC(=O)/C(=C/c3cc(C)n(-c4ccc(N(C)C)cc4)c3C)S2)cc1. The molecule has 1 amide bonds. The second-order valence-corrected chi connectivity index (χ2v) is 9.11. The number of amidine groups is 1. The van der Waals surface area contributed by atoms with E-state index >= 15 is 0 Å². The van der Waals surface area contributed by atoms with E-state index < -0.39 is 0 Å². The Morgan fingerprint density at radius 2 is 1.75 bits per heavy atom. The van der Waals surface area contributed by atoms with E-state index in [9.17, 15) is 4.79 Å². The number of aromatic nitrogens is 1. The third-order valence-electron chi connectivity index (χ3n) is 5.61. The number of carbonyl (C=O) groups excluding carboxylic acids is 1. The largest absolute Gasteiger partial charge is 0.378 e. The van der Waals surface area contributed by atoms with Gasteiger partial charge in [-0.05, 0) is 91.7 Å². The van der Waals surface area contributed by atoms with Gasteiger partial charge in [0.15, 0.2) is 5.17 Å². The Morgan fingerprint density at radius 1 is 1.06 bits per heavy atom. The van der Waals surface area contributed by atoms with Crippen LogP contribution in [0, 0.1) is 13.8 Å². The van der Waals surface area contributed by atoms with Gasteiger partial charge >= 0.3 is 0 Å². The van der Waals surface area contributed by atoms with Crippen LogP contribution < -0.4 is 10.2 Å². The van der Waals surface area contributed by atoms with E-state index in [0.717, 1.165) is 40.4 Å². The lowest BCUT2D eigenvalue weighted by molar-refractivity contribution is -0.115. The lowest BCUT2D eigenvalue weighted by atomic mass is 10.2. The van der Waals surface area contributed by atoms with Gasteiger partial charge < -0.3 is 14.8 Å². The van der Waals surface area contributed by atoms with Crippen LogP contribution in [0.4, 0.5) is 11.4 Å². The molecular weight excluding hydrogens is 416 g/mol. The van der Waals surface area contributed by atoms with Crippen LogP contribution in [0.15, 0.2) is 64.5 Å². The molecule has 4 rings (SSSR count). The Labute approximate surface area is 193 Å². The van der Waals surface area contributed by atoms with Crippen molar-refractivity contribution in [3.63, 3.8) is 0 Å². The van der Waals surface area contributed by atoms with Gasteiger partial charge in [-0.15, -0.1) is 0 Å². The quantitative estimate of drug-likeness (QED) is 0.520. The minimum Gasteiger partial charge on any atom is -0.378 e. The third kappa shape index (κ3) is 4.50. The molecule has 0 saturated carbocycles. The fourth-order valence-corrected chi connectivity index (χ4v) is 4.61. The van der Waals surface area contributed by atoms with Gasteiger partial charge in [-0.2, -0.15) is 0 Å². The number of aliphatic imine (C=N–C) groups is 1. The molecule has 0 unspecified atom stereocenters. The minimum absolute atomic E-state index is 0.112. The molecule has 1 N–H and O–H groups in total. The van der Waals surface area contributed by atoms with Crippen molar-refractivity contribution in [1.82, 2.24) is 9.88 Å². The number of hydrogen-bond donors (Lipinski definition) is 1. The van der Waals surface area contributed by atoms with Crippen LogP contribution in [-0.4, -0.2) is 29.7 Å². The average molecular weight is 445 g/mol. The van der Waals surface area contributed by atoms with Crippen LogP contribution in [0.3, 0.4) is 0 Å². The van der Waals surface area contributed by atoms with E-state index in [4.69, 9.17) is 0 Å². The topological polar surface area (TPSA) is 49.6 Å². The van der Waals surface area contributed by atoms with E-state index in [1.165, 1.54) is 17.3 Å². The van der Waals surface area contributed by atoms with Crippen LogP contribution in [0.5, 0.6) is 0 Å². The molecule has 3 aromatic rings. The highest BCUT2D eigenvalue weighted by Gasteiger charge is 2.24. The molecule has 0 radical (unpaired) electrons. The summed E-state index contributed by atoms with van der Waals surface area (Å²) in [5.41, 5.74) is 7.63. The van der Waals surface area contributed by atoms with Gasteiger partial charge in [0, 0.05) is 36.9 Å². The Bertz CT molecular complexity index is 1200. The number of amides is 1. The highest BCUT2D eigenvalue weighted by molar-refractivity contribution is 8.18. The fourth-order valence-electron chi connectivity index (χ4n) is 3.78. The summed E-state index contributed by atoms with van der Waals surface area (Å²) < 4.78 is 2.22. The average Bonchev–Trinajstić information content (AvgIpc) is 3.26. The van der Waals surface area contributed by atoms with Gasteiger partial charge in [-0.1, -0.05) is 19.1 Å². The minimum atomic E-state index is -0.112. The van der Waals surface area contributed by atoms with Crippen molar-refractivity contribution in [1.29, 1.82) is 0 Å². The summed E-state index contributed by atoms with van der Waals surface area (Å²) >= 11 is 1.38. The Hall–Kier alpha value is -3.25. The zero-order valence-electron chi connectivity index (χ0n) is 19.1. The molecule has 5 nitrogen and oxygen atoms in total. The highest BCUT2D eigenvalue weighted by atomic mass is 32.2. The number of anilines is 1. The number of benzene rings is 2. The monoisotopic (exact) mass is 444 g/mol. The van der Waals surface area contributed by atoms with Crippen molar-refractivity contribution in [3.8, 4) is 5.69 Å². The summed E-state index contributed by atoms with van der Waals surface area (Å²) in [6.07, 6.45) is 2.95. The molecule has 1 aromatic heterocycles. The fraction of sp³-hybridized carbons (Fsp3) is 0.231. The number of rotatable bonds is 5. The first-order valence-corrected chi connectivity index (χ1v) is 11.5. The molecule has 0 atom stereocenters. The third-order valence-corrected chi connectivity index (χ3v) is 6.52. The number of aryl methyl sites for hydroxylation is 2. The summed E-state index contributed by atoms with van der Waals surface area (Å²) in [5, 5.41) is 3.49. The van der Waals surface area contributed by atoms with Crippen molar-refractivity contribution in [2.75, 3.05) is 19.0 Å². The molecule has 2 aromatic carbocycles. The number of carbonyl (C=O) groups is 1. The van der Waals surface area contributed by atoms with Crippen LogP contribution in [0.1, 0.15) is 29.4 Å². The zero-order chi connectivity index (χ0) is 22.8. The molecule has 1 fully saturated rings. The maximum absolute atomic E-state index is 12.6. The second kappa shape index (κ2) is 9.09. The molecule has 2 heterocycles. The van der Waals surface area contributed by atoms with Crippen LogP contribution >= 0.6 is 11.8 Å². The standard InChI is InChI=1S/C26H28N4OS/c1-6-19-7-9-21(10-8-19)27-26-28-25(31)24(32-26)16-20-15-17(2)30(18(20)3)23-13-11-22(12-14-23)29(4)5/h7-16H,6H2,1-5H3,(H,27,28,31)/b24-16-. The second-order valence-electron chi connectivity index (χ2n) is 8.07. The summed E-state index contributed by atoms with van der Waals surface area (Å²) in [5.74, 6) is -0.112. The molecule has 0 spiro atoms. The van der Waals surface area contributed by atoms with Crippen molar-refractivity contribution in [2.24, 2.45) is 4.99 Å². The molecule has 6 heteroatoms. The molecule has 1 saturated heterocycles. The van der Waals surface area contributed by atoms with Crippen molar-refractivity contribution in [3.05, 3.63) is 82.0 Å². The van der Waals surface area contributed by atoms with Gasteiger partial charge in [0.25, 0.3) is 5.91 Å². The molecule has 164 valence electrons. The van der Waals surface area contributed by atoms with Crippen molar-refractivity contribution >= 4 is 40.3 Å². The van der Waals surface area contributed by atoms with Gasteiger partial charge in [-0.25, -0.2) is 4.99 Å². The predicted octanol–water partition coefficient (Wildman–Crippen LogP) is 5.61. The molecule has 0 bridgehead atoms. The van der Waals surface area contributed by atoms with Gasteiger partial charge in [-0.3, -0.25) is 4.79 Å². The van der Waals surface area contributed by atoms with E-state index in [-0.39, 0.29) is 5.91 Å². The number of nitrogens with zero attached hydrogens (tertiary/aromatic N) is 3. The predicted molar refractivity (Wildman–Crippen MR) is 136 cm³/mol. The van der Waals surface area contributed by atoms with E-state index in [2.05, 4.69) is 83.0 Å². The summed E-state index contributed by atoms with van der Waals surface area (Å²) in [6.45, 7) is 6.30. The van der Waals surface area contributed by atoms with Gasteiger partial charge in [0.1, 0.15) is 0 Å². The lowest BCUT2D eigenvalue weighted by Crippen LogP contribution is -2.19. The Morgan fingerprint density at radius 3 is 2.38 bits per heavy atom. The number of thioether (sulfide) groups is 1. The first-order valence-electron chi connectivity index (χ1n) is 10.7. The first kappa shape index (κ1) is 22.0. The van der Waals surface area contributed by atoms with Crippen LogP contribution in [0.2, 0.25) is 0 Å². The zero-order valence-corrected chi connectivity index (χ0v) is 20.0. The summed E-state index contributed by atoms with van der Waals surface area (Å²) in [4.78, 5) is 19.9. The smallest absolute Gasteiger partial charge is 0.264 e. The molecule has 32 heavy (non-hydrogen) atoms. The lowest BCUT2D eigenvalue weighted by Gasteiger charge is -2.14. The van der Waals surface area contributed by atoms with E-state index in [0.29, 0.717) is 10.1 Å². The number of nitrogens with one attached hydrogen (secondary N) is 1. The van der Waals surface area contributed by atoms with E-state index in [1.807, 2.05) is 32.3 Å². The summed E-state index contributed by atoms with van der Waals surface area (Å²) in [7, 11) is 4.07. The normalized spacial score (nSPS) is 16.1. The van der Waals surface area contributed by atoms with Crippen molar-refractivity contribution < 1.29 is 4.79 Å². The van der Waals surface area contributed by atoms with Gasteiger partial charge in [0.05, 0.1) is 10.6 Å². The Balaban J connectivity index is 1.59. The van der Waals surface area contributed by atoms with Gasteiger partial charge in [0.2, 0.25) is 0 Å².